The number of hydrogen-bond donors (Lipinski definition) is 2. The SMILES string of the molecule is NS(=O)(=O)c1ccc(Oc2cc(C(=O)O)ccc2Br)cc1. The minimum Gasteiger partial charge on any atom is -0.478 e. The third-order valence-corrected chi connectivity index (χ3v) is 4.14. The second-order valence-electron chi connectivity index (χ2n) is 4.07. The number of aromatic carboxylic acids is 1. The van der Waals surface area contributed by atoms with Crippen molar-refractivity contribution in [2.75, 3.05) is 0 Å². The zero-order valence-electron chi connectivity index (χ0n) is 10.5. The summed E-state index contributed by atoms with van der Waals surface area (Å²) in [6.45, 7) is 0. The monoisotopic (exact) mass is 371 g/mol. The van der Waals surface area contributed by atoms with Gasteiger partial charge in [-0.25, -0.2) is 18.4 Å². The van der Waals surface area contributed by atoms with E-state index in [2.05, 4.69) is 15.9 Å². The first-order valence-electron chi connectivity index (χ1n) is 5.61. The lowest BCUT2D eigenvalue weighted by Gasteiger charge is -2.09. The maximum Gasteiger partial charge on any atom is 0.335 e. The number of halogens is 1. The molecule has 0 aliphatic heterocycles. The van der Waals surface area contributed by atoms with Crippen LogP contribution in [0.2, 0.25) is 0 Å². The minimum atomic E-state index is -3.76. The molecule has 0 heterocycles. The smallest absolute Gasteiger partial charge is 0.335 e. The van der Waals surface area contributed by atoms with E-state index in [0.717, 1.165) is 0 Å². The van der Waals surface area contributed by atoms with Crippen LogP contribution in [0, 0.1) is 0 Å². The summed E-state index contributed by atoms with van der Waals surface area (Å²) in [6.07, 6.45) is 0. The van der Waals surface area contributed by atoms with E-state index in [1.54, 1.807) is 6.07 Å². The Morgan fingerprint density at radius 2 is 1.76 bits per heavy atom. The first kappa shape index (κ1) is 15.5. The van der Waals surface area contributed by atoms with Crippen molar-refractivity contribution in [3.8, 4) is 11.5 Å². The van der Waals surface area contributed by atoms with E-state index in [1.165, 1.54) is 36.4 Å². The van der Waals surface area contributed by atoms with Gasteiger partial charge in [0.05, 0.1) is 14.9 Å². The van der Waals surface area contributed by atoms with Crippen LogP contribution in [0.15, 0.2) is 51.8 Å². The molecule has 8 heteroatoms. The van der Waals surface area contributed by atoms with Crippen LogP contribution in [0.4, 0.5) is 0 Å². The zero-order valence-corrected chi connectivity index (χ0v) is 12.9. The van der Waals surface area contributed by atoms with Crippen LogP contribution >= 0.6 is 15.9 Å². The largest absolute Gasteiger partial charge is 0.478 e. The molecule has 0 aliphatic rings. The molecule has 0 atom stereocenters. The van der Waals surface area contributed by atoms with Crippen LogP contribution < -0.4 is 9.88 Å². The first-order valence-corrected chi connectivity index (χ1v) is 7.95. The summed E-state index contributed by atoms with van der Waals surface area (Å²) in [7, 11) is -3.76. The van der Waals surface area contributed by atoms with Gasteiger partial charge in [-0.3, -0.25) is 0 Å². The van der Waals surface area contributed by atoms with Gasteiger partial charge < -0.3 is 9.84 Å². The summed E-state index contributed by atoms with van der Waals surface area (Å²) in [6, 6.07) is 9.82. The summed E-state index contributed by atoms with van der Waals surface area (Å²) < 4.78 is 28.4. The predicted octanol–water partition coefficient (Wildman–Crippen LogP) is 2.59. The molecule has 3 N–H and O–H groups in total. The zero-order chi connectivity index (χ0) is 15.6. The number of carboxylic acid groups (broad SMARTS) is 1. The Balaban J connectivity index is 2.30. The fourth-order valence-corrected chi connectivity index (χ4v) is 2.38. The normalized spacial score (nSPS) is 11.1. The van der Waals surface area contributed by atoms with Crippen LogP contribution in [-0.2, 0) is 10.0 Å². The number of sulfonamides is 1. The maximum atomic E-state index is 11.1. The van der Waals surface area contributed by atoms with Crippen molar-refractivity contribution in [2.45, 2.75) is 4.90 Å². The van der Waals surface area contributed by atoms with E-state index in [1.807, 2.05) is 0 Å². The summed E-state index contributed by atoms with van der Waals surface area (Å²) in [5.74, 6) is -0.416. The molecule has 0 unspecified atom stereocenters. The molecule has 2 rings (SSSR count). The molecular formula is C13H10BrNO5S. The summed E-state index contributed by atoms with van der Waals surface area (Å²) in [4.78, 5) is 10.9. The Bertz CT molecular complexity index is 787. The van der Waals surface area contributed by atoms with E-state index in [4.69, 9.17) is 15.0 Å². The molecule has 21 heavy (non-hydrogen) atoms. The second-order valence-corrected chi connectivity index (χ2v) is 6.48. The molecule has 0 bridgehead atoms. The molecule has 0 aromatic heterocycles. The van der Waals surface area contributed by atoms with Crippen molar-refractivity contribution in [1.29, 1.82) is 0 Å². The predicted molar refractivity (Wildman–Crippen MR) is 79.0 cm³/mol. The van der Waals surface area contributed by atoms with E-state index in [0.29, 0.717) is 16.0 Å². The van der Waals surface area contributed by atoms with Gasteiger partial charge >= 0.3 is 5.97 Å². The minimum absolute atomic E-state index is 0.0341. The van der Waals surface area contributed by atoms with E-state index in [-0.39, 0.29) is 10.5 Å². The number of carboxylic acids is 1. The third-order valence-electron chi connectivity index (χ3n) is 2.56. The van der Waals surface area contributed by atoms with Crippen LogP contribution in [0.1, 0.15) is 10.4 Å². The highest BCUT2D eigenvalue weighted by molar-refractivity contribution is 9.10. The maximum absolute atomic E-state index is 11.1. The van der Waals surface area contributed by atoms with Crippen molar-refractivity contribution in [3.05, 3.63) is 52.5 Å². The quantitative estimate of drug-likeness (QED) is 0.858. The van der Waals surface area contributed by atoms with Gasteiger partial charge in [-0.1, -0.05) is 0 Å². The van der Waals surface area contributed by atoms with Gasteiger partial charge in [0.2, 0.25) is 10.0 Å². The summed E-state index contributed by atoms with van der Waals surface area (Å²) >= 11 is 3.25. The van der Waals surface area contributed by atoms with Gasteiger partial charge in [0.25, 0.3) is 0 Å². The fraction of sp³-hybridized carbons (Fsp3) is 0. The van der Waals surface area contributed by atoms with E-state index < -0.39 is 16.0 Å². The van der Waals surface area contributed by atoms with Crippen molar-refractivity contribution >= 4 is 31.9 Å². The molecule has 0 saturated carbocycles. The molecule has 0 aliphatic carbocycles. The van der Waals surface area contributed by atoms with Gasteiger partial charge in [-0.15, -0.1) is 0 Å². The summed E-state index contributed by atoms with van der Waals surface area (Å²) in [5, 5.41) is 13.9. The number of ether oxygens (including phenoxy) is 1. The molecule has 0 spiro atoms. The average molecular weight is 372 g/mol. The molecular weight excluding hydrogens is 362 g/mol. The van der Waals surface area contributed by atoms with Crippen LogP contribution in [0.5, 0.6) is 11.5 Å². The van der Waals surface area contributed by atoms with Gasteiger partial charge in [-0.05, 0) is 58.4 Å². The standard InChI is InChI=1S/C13H10BrNO5S/c14-11-6-1-8(13(16)17)7-12(11)20-9-2-4-10(5-3-9)21(15,18)19/h1-7H,(H,16,17)(H2,15,18,19). The summed E-state index contributed by atoms with van der Waals surface area (Å²) in [5.41, 5.74) is 0.0781. The van der Waals surface area contributed by atoms with Gasteiger partial charge in [0.1, 0.15) is 11.5 Å². The molecule has 0 fully saturated rings. The molecule has 6 nitrogen and oxygen atoms in total. The van der Waals surface area contributed by atoms with Gasteiger partial charge in [-0.2, -0.15) is 0 Å². The molecule has 0 saturated heterocycles. The number of benzene rings is 2. The molecule has 2 aromatic rings. The Labute approximate surface area is 129 Å². The molecule has 110 valence electrons. The molecule has 0 amide bonds. The Morgan fingerprint density at radius 1 is 1.14 bits per heavy atom. The van der Waals surface area contributed by atoms with Crippen LogP contribution in [0.3, 0.4) is 0 Å². The van der Waals surface area contributed by atoms with Crippen molar-refractivity contribution in [3.63, 3.8) is 0 Å². The lowest BCUT2D eigenvalue weighted by Crippen LogP contribution is -2.11. The number of carbonyl (C=O) groups is 1. The molecule has 0 radical (unpaired) electrons. The second kappa shape index (κ2) is 5.84. The van der Waals surface area contributed by atoms with Crippen LogP contribution in [-0.4, -0.2) is 19.5 Å². The Morgan fingerprint density at radius 3 is 2.29 bits per heavy atom. The van der Waals surface area contributed by atoms with Gasteiger partial charge in [0, 0.05) is 0 Å². The highest BCUT2D eigenvalue weighted by Gasteiger charge is 2.10. The van der Waals surface area contributed by atoms with E-state index in [9.17, 15) is 13.2 Å². The highest BCUT2D eigenvalue weighted by atomic mass is 79.9. The van der Waals surface area contributed by atoms with Crippen molar-refractivity contribution in [2.24, 2.45) is 5.14 Å². The molecule has 2 aromatic carbocycles. The Hall–Kier alpha value is -1.90. The Kier molecular flexibility index (Phi) is 4.31. The number of primary sulfonamides is 1. The number of hydrogen-bond acceptors (Lipinski definition) is 4. The number of nitrogens with two attached hydrogens (primary N) is 1. The van der Waals surface area contributed by atoms with Crippen molar-refractivity contribution in [1.82, 2.24) is 0 Å². The highest BCUT2D eigenvalue weighted by Crippen LogP contribution is 2.31. The fourth-order valence-electron chi connectivity index (χ4n) is 1.54. The van der Waals surface area contributed by atoms with Crippen LogP contribution in [0.25, 0.3) is 0 Å². The average Bonchev–Trinajstić information content (AvgIpc) is 2.40. The lowest BCUT2D eigenvalue weighted by atomic mass is 10.2. The topological polar surface area (TPSA) is 107 Å². The van der Waals surface area contributed by atoms with Gasteiger partial charge in [0.15, 0.2) is 0 Å². The van der Waals surface area contributed by atoms with Crippen molar-refractivity contribution < 1.29 is 23.1 Å². The van der Waals surface area contributed by atoms with E-state index >= 15 is 0 Å². The number of rotatable bonds is 4. The third kappa shape index (κ3) is 3.81. The first-order chi connectivity index (χ1) is 9.77. The lowest BCUT2D eigenvalue weighted by molar-refractivity contribution is 0.0696.